The minimum absolute atomic E-state index is 0.281. The molecule has 0 aliphatic heterocycles. The second-order valence-electron chi connectivity index (χ2n) is 5.66. The number of hydrogen-bond donors (Lipinski definition) is 2. The fraction of sp³-hybridized carbons (Fsp3) is 0. The molecule has 128 valence electrons. The molecular formula is C19H14FN5O. The van der Waals surface area contributed by atoms with E-state index in [1.165, 1.54) is 12.1 Å². The zero-order chi connectivity index (χ0) is 18.1. The number of nitrogens with two attached hydrogens (primary N) is 1. The quantitative estimate of drug-likeness (QED) is 0.338. The summed E-state index contributed by atoms with van der Waals surface area (Å²) < 4.78 is 14.8. The lowest BCUT2D eigenvalue weighted by atomic mass is 10.1. The van der Waals surface area contributed by atoms with Gasteiger partial charge in [0, 0.05) is 11.1 Å². The Hall–Kier alpha value is -3.74. The van der Waals surface area contributed by atoms with Crippen molar-refractivity contribution < 1.29 is 9.60 Å². The van der Waals surface area contributed by atoms with Gasteiger partial charge in [-0.05, 0) is 36.4 Å². The molecule has 26 heavy (non-hydrogen) atoms. The first-order valence-corrected chi connectivity index (χ1v) is 7.86. The van der Waals surface area contributed by atoms with Crippen LogP contribution in [0.3, 0.4) is 0 Å². The van der Waals surface area contributed by atoms with Crippen LogP contribution in [-0.4, -0.2) is 25.5 Å². The Morgan fingerprint density at radius 3 is 2.42 bits per heavy atom. The minimum Gasteiger partial charge on any atom is -0.410 e. The van der Waals surface area contributed by atoms with E-state index in [2.05, 4.69) is 15.2 Å². The van der Waals surface area contributed by atoms with Crippen molar-refractivity contribution >= 4 is 17.2 Å². The molecule has 0 aliphatic carbocycles. The highest BCUT2D eigenvalue weighted by atomic mass is 19.1. The summed E-state index contributed by atoms with van der Waals surface area (Å²) in [5.41, 5.74) is 9.31. The average Bonchev–Trinajstić information content (AvgIpc) is 2.99. The van der Waals surface area contributed by atoms with Crippen molar-refractivity contribution in [3.05, 3.63) is 83.8 Å². The normalized spacial score (nSPS) is 11.8. The van der Waals surface area contributed by atoms with Gasteiger partial charge in [0.1, 0.15) is 22.9 Å². The van der Waals surface area contributed by atoms with Crippen LogP contribution >= 0.6 is 0 Å². The lowest BCUT2D eigenvalue weighted by Crippen LogP contribution is -2.09. The summed E-state index contributed by atoms with van der Waals surface area (Å²) in [6.45, 7) is 0. The third-order valence-electron chi connectivity index (χ3n) is 4.01. The number of oxime groups is 1. The molecule has 0 saturated heterocycles. The predicted molar refractivity (Wildman–Crippen MR) is 96.7 cm³/mol. The van der Waals surface area contributed by atoms with Gasteiger partial charge < -0.3 is 10.9 Å². The Kier molecular flexibility index (Phi) is 3.81. The molecule has 0 aliphatic rings. The summed E-state index contributed by atoms with van der Waals surface area (Å²) in [4.78, 5) is 4.29. The Morgan fingerprint density at radius 2 is 1.73 bits per heavy atom. The van der Waals surface area contributed by atoms with Crippen LogP contribution < -0.4 is 5.73 Å². The molecule has 3 N–H and O–H groups in total. The molecule has 0 bridgehead atoms. The van der Waals surface area contributed by atoms with E-state index in [1.807, 2.05) is 30.3 Å². The van der Waals surface area contributed by atoms with Gasteiger partial charge in [-0.2, -0.15) is 5.10 Å². The molecule has 2 aromatic carbocycles. The topological polar surface area (TPSA) is 88.8 Å². The summed E-state index contributed by atoms with van der Waals surface area (Å²) >= 11 is 0. The molecule has 0 fully saturated rings. The highest BCUT2D eigenvalue weighted by molar-refractivity contribution is 6.11. The van der Waals surface area contributed by atoms with Crippen LogP contribution in [0.25, 0.3) is 16.9 Å². The molecule has 4 rings (SSSR count). The average molecular weight is 347 g/mol. The first kappa shape index (κ1) is 15.8. The van der Waals surface area contributed by atoms with Gasteiger partial charge in [-0.3, -0.25) is 0 Å². The third kappa shape index (κ3) is 2.65. The first-order valence-electron chi connectivity index (χ1n) is 7.86. The maximum Gasteiger partial charge on any atom is 0.156 e. The van der Waals surface area contributed by atoms with E-state index in [-0.39, 0.29) is 11.6 Å². The zero-order valence-electron chi connectivity index (χ0n) is 13.5. The van der Waals surface area contributed by atoms with Gasteiger partial charge >= 0.3 is 0 Å². The van der Waals surface area contributed by atoms with Crippen LogP contribution in [0.1, 0.15) is 11.3 Å². The molecule has 6 nitrogen and oxygen atoms in total. The molecule has 0 atom stereocenters. The van der Waals surface area contributed by atoms with Crippen molar-refractivity contribution in [1.82, 2.24) is 14.6 Å². The van der Waals surface area contributed by atoms with E-state index in [0.29, 0.717) is 28.3 Å². The number of aromatic nitrogens is 3. The van der Waals surface area contributed by atoms with Crippen LogP contribution in [-0.2, 0) is 0 Å². The van der Waals surface area contributed by atoms with Gasteiger partial charge in [0.15, 0.2) is 11.5 Å². The van der Waals surface area contributed by atoms with Crippen LogP contribution in [0.2, 0.25) is 0 Å². The van der Waals surface area contributed by atoms with Crippen molar-refractivity contribution in [3.8, 4) is 11.3 Å². The lowest BCUT2D eigenvalue weighted by molar-refractivity contribution is 0.319. The van der Waals surface area contributed by atoms with Gasteiger partial charge in [-0.1, -0.05) is 35.5 Å². The molecular weight excluding hydrogens is 333 g/mol. The summed E-state index contributed by atoms with van der Waals surface area (Å²) in [5, 5.41) is 17.4. The molecule has 0 unspecified atom stereocenters. The minimum atomic E-state index is -0.339. The third-order valence-corrected chi connectivity index (χ3v) is 4.01. The van der Waals surface area contributed by atoms with E-state index < -0.39 is 0 Å². The van der Waals surface area contributed by atoms with Crippen LogP contribution in [0.5, 0.6) is 0 Å². The maximum atomic E-state index is 13.2. The van der Waals surface area contributed by atoms with Gasteiger partial charge in [0.25, 0.3) is 0 Å². The summed E-state index contributed by atoms with van der Waals surface area (Å²) in [5.74, 6) is -0.0583. The number of rotatable bonds is 3. The molecule has 4 aromatic rings. The Labute approximate surface area is 148 Å². The molecule has 0 spiro atoms. The summed E-state index contributed by atoms with van der Waals surface area (Å²) in [7, 11) is 0. The van der Waals surface area contributed by atoms with Gasteiger partial charge in [0.05, 0.1) is 0 Å². The Balaban J connectivity index is 1.89. The second-order valence-corrected chi connectivity index (χ2v) is 5.66. The fourth-order valence-electron chi connectivity index (χ4n) is 2.81. The molecule has 2 aromatic heterocycles. The van der Waals surface area contributed by atoms with Crippen molar-refractivity contribution in [2.24, 2.45) is 5.16 Å². The number of fused-ring (bicyclic) bond motifs is 1. The highest BCUT2D eigenvalue weighted by Crippen LogP contribution is 2.26. The Bertz CT molecular complexity index is 1100. The van der Waals surface area contributed by atoms with Gasteiger partial charge in [0.2, 0.25) is 0 Å². The molecule has 0 saturated carbocycles. The number of hydrogen-bond acceptors (Lipinski definition) is 5. The van der Waals surface area contributed by atoms with Gasteiger partial charge in [-0.25, -0.2) is 13.9 Å². The number of imidazole rings is 1. The number of nitrogen functional groups attached to an aromatic ring is 1. The van der Waals surface area contributed by atoms with Crippen molar-refractivity contribution in [2.75, 3.05) is 5.73 Å². The van der Waals surface area contributed by atoms with Crippen molar-refractivity contribution in [1.29, 1.82) is 0 Å². The van der Waals surface area contributed by atoms with E-state index in [1.54, 1.807) is 28.8 Å². The maximum absolute atomic E-state index is 13.2. The summed E-state index contributed by atoms with van der Waals surface area (Å²) in [6.07, 6.45) is 0. The monoisotopic (exact) mass is 347 g/mol. The smallest absolute Gasteiger partial charge is 0.156 e. The van der Waals surface area contributed by atoms with Crippen LogP contribution in [0, 0.1) is 5.82 Å². The van der Waals surface area contributed by atoms with E-state index >= 15 is 0 Å². The van der Waals surface area contributed by atoms with Crippen molar-refractivity contribution in [2.45, 2.75) is 0 Å². The SMILES string of the molecule is Nc1nc2ccc(/C(=N/O)c3ccccc3)nn2c1-c1ccc(F)cc1. The van der Waals surface area contributed by atoms with E-state index in [4.69, 9.17) is 5.73 Å². The number of anilines is 1. The van der Waals surface area contributed by atoms with Crippen molar-refractivity contribution in [3.63, 3.8) is 0 Å². The second kappa shape index (κ2) is 6.29. The molecule has 0 radical (unpaired) electrons. The summed E-state index contributed by atoms with van der Waals surface area (Å²) in [6, 6.07) is 18.6. The van der Waals surface area contributed by atoms with Crippen LogP contribution in [0.15, 0.2) is 71.9 Å². The largest absolute Gasteiger partial charge is 0.410 e. The van der Waals surface area contributed by atoms with Crippen LogP contribution in [0.4, 0.5) is 10.2 Å². The first-order chi connectivity index (χ1) is 12.7. The van der Waals surface area contributed by atoms with E-state index in [9.17, 15) is 9.60 Å². The Morgan fingerprint density at radius 1 is 1.00 bits per heavy atom. The highest BCUT2D eigenvalue weighted by Gasteiger charge is 2.16. The molecule has 7 heteroatoms. The predicted octanol–water partition coefficient (Wildman–Crippen LogP) is 3.34. The molecule has 0 amide bonds. The fourth-order valence-corrected chi connectivity index (χ4v) is 2.81. The zero-order valence-corrected chi connectivity index (χ0v) is 13.5. The van der Waals surface area contributed by atoms with E-state index in [0.717, 1.165) is 5.56 Å². The standard InChI is InChI=1S/C19H14FN5O/c20-14-8-6-13(7-9-14)18-19(21)22-16-11-10-15(23-25(16)18)17(24-26)12-4-2-1-3-5-12/h1-11,26H,21H2/b24-17+. The molecule has 2 heterocycles. The lowest BCUT2D eigenvalue weighted by Gasteiger charge is -2.06. The number of benzene rings is 2. The number of halogens is 1. The van der Waals surface area contributed by atoms with Gasteiger partial charge in [-0.15, -0.1) is 0 Å². The number of nitrogens with zero attached hydrogens (tertiary/aromatic N) is 4.